The molecule has 1 saturated heterocycles. The Morgan fingerprint density at radius 3 is 2.90 bits per heavy atom. The zero-order chi connectivity index (χ0) is 14.7. The number of nitrogens with zero attached hydrogens (tertiary/aromatic N) is 2. The van der Waals surface area contributed by atoms with Gasteiger partial charge >= 0.3 is 0 Å². The third-order valence-electron chi connectivity index (χ3n) is 3.88. The normalized spacial score (nSPS) is 21.2. The summed E-state index contributed by atoms with van der Waals surface area (Å²) in [5.41, 5.74) is 1.64. The van der Waals surface area contributed by atoms with E-state index in [1.54, 1.807) is 24.0 Å². The van der Waals surface area contributed by atoms with Crippen LogP contribution in [-0.4, -0.2) is 34.8 Å². The minimum atomic E-state index is -0.363. The van der Waals surface area contributed by atoms with E-state index in [4.69, 9.17) is 5.21 Å². The van der Waals surface area contributed by atoms with Crippen molar-refractivity contribution in [1.82, 2.24) is 4.90 Å². The number of rotatable bonds is 2. The summed E-state index contributed by atoms with van der Waals surface area (Å²) >= 11 is 0. The molecule has 1 aliphatic rings. The molecule has 0 saturated carbocycles. The highest BCUT2D eigenvalue weighted by molar-refractivity contribution is 5.96. The van der Waals surface area contributed by atoms with Gasteiger partial charge in [0.15, 0.2) is 0 Å². The Balaban J connectivity index is 2.15. The Morgan fingerprint density at radius 2 is 2.30 bits per heavy atom. The van der Waals surface area contributed by atoms with Crippen molar-refractivity contribution in [2.45, 2.75) is 26.7 Å². The van der Waals surface area contributed by atoms with Crippen molar-refractivity contribution in [2.24, 2.45) is 11.1 Å². The maximum Gasteiger partial charge on any atom is 0.253 e. The first kappa shape index (κ1) is 14.5. The Labute approximate surface area is 117 Å². The summed E-state index contributed by atoms with van der Waals surface area (Å²) in [7, 11) is 0. The van der Waals surface area contributed by atoms with Crippen molar-refractivity contribution in [1.29, 1.82) is 0 Å². The number of carbonyl (C=O) groups is 1. The van der Waals surface area contributed by atoms with Gasteiger partial charge in [0.2, 0.25) is 0 Å². The van der Waals surface area contributed by atoms with Crippen LogP contribution in [0.3, 0.4) is 0 Å². The monoisotopic (exact) mass is 278 g/mol. The van der Waals surface area contributed by atoms with Gasteiger partial charge in [-0.1, -0.05) is 18.1 Å². The summed E-state index contributed by atoms with van der Waals surface area (Å²) in [4.78, 5) is 14.1. The molecule has 1 atom stereocenters. The first-order valence-corrected chi connectivity index (χ1v) is 6.83. The molecule has 0 aliphatic carbocycles. The van der Waals surface area contributed by atoms with E-state index in [0.29, 0.717) is 30.6 Å². The summed E-state index contributed by atoms with van der Waals surface area (Å²) in [6, 6.07) is 4.55. The molecule has 20 heavy (non-hydrogen) atoms. The van der Waals surface area contributed by atoms with Crippen molar-refractivity contribution < 1.29 is 14.4 Å². The SMILES string of the molecule is CCC1CN(C(=O)c2ccc(C)c(F)c2)CC/C1=N\O. The predicted octanol–water partition coefficient (Wildman–Crippen LogP) is 2.84. The van der Waals surface area contributed by atoms with Crippen molar-refractivity contribution in [3.05, 3.63) is 35.1 Å². The molecule has 1 aromatic rings. The molecular formula is C15H19FN2O2. The van der Waals surface area contributed by atoms with Crippen LogP contribution in [0.5, 0.6) is 0 Å². The number of carbonyl (C=O) groups excluding carboxylic acids is 1. The van der Waals surface area contributed by atoms with Crippen LogP contribution in [0.4, 0.5) is 4.39 Å². The number of hydrogen-bond acceptors (Lipinski definition) is 3. The van der Waals surface area contributed by atoms with Gasteiger partial charge in [-0.15, -0.1) is 0 Å². The quantitative estimate of drug-likeness (QED) is 0.668. The zero-order valence-electron chi connectivity index (χ0n) is 11.8. The van der Waals surface area contributed by atoms with E-state index < -0.39 is 0 Å². The first-order valence-electron chi connectivity index (χ1n) is 6.83. The maximum atomic E-state index is 13.5. The average molecular weight is 278 g/mol. The highest BCUT2D eigenvalue weighted by Gasteiger charge is 2.28. The average Bonchev–Trinajstić information content (AvgIpc) is 2.48. The Morgan fingerprint density at radius 1 is 1.55 bits per heavy atom. The van der Waals surface area contributed by atoms with Crippen LogP contribution in [0.1, 0.15) is 35.7 Å². The molecule has 0 aromatic heterocycles. The van der Waals surface area contributed by atoms with Gasteiger partial charge in [0.1, 0.15) is 5.82 Å². The van der Waals surface area contributed by atoms with Crippen molar-refractivity contribution in [3.63, 3.8) is 0 Å². The lowest BCUT2D eigenvalue weighted by Crippen LogP contribution is -2.44. The lowest BCUT2D eigenvalue weighted by atomic mass is 9.93. The molecule has 1 heterocycles. The Bertz CT molecular complexity index is 543. The highest BCUT2D eigenvalue weighted by atomic mass is 19.1. The van der Waals surface area contributed by atoms with Crippen LogP contribution < -0.4 is 0 Å². The molecule has 108 valence electrons. The number of benzene rings is 1. The van der Waals surface area contributed by atoms with Gasteiger partial charge in [0, 0.05) is 31.0 Å². The molecule has 0 bridgehead atoms. The standard InChI is InChI=1S/C15H19FN2O2/c1-3-11-9-18(7-6-14(11)17-20)15(19)12-5-4-10(2)13(16)8-12/h4-5,8,11,20H,3,6-7,9H2,1-2H3/b17-14+. The van der Waals surface area contributed by atoms with Gasteiger partial charge in [-0.25, -0.2) is 4.39 Å². The summed E-state index contributed by atoms with van der Waals surface area (Å²) < 4.78 is 13.5. The smallest absolute Gasteiger partial charge is 0.253 e. The van der Waals surface area contributed by atoms with Crippen LogP contribution in [0.2, 0.25) is 0 Å². The van der Waals surface area contributed by atoms with Gasteiger partial charge in [-0.3, -0.25) is 4.79 Å². The summed E-state index contributed by atoms with van der Waals surface area (Å²) in [6.07, 6.45) is 1.38. The molecule has 1 aromatic carbocycles. The maximum absolute atomic E-state index is 13.5. The van der Waals surface area contributed by atoms with Gasteiger partial charge in [0.05, 0.1) is 5.71 Å². The van der Waals surface area contributed by atoms with Crippen LogP contribution in [-0.2, 0) is 0 Å². The molecule has 1 fully saturated rings. The minimum absolute atomic E-state index is 0.0768. The fourth-order valence-electron chi connectivity index (χ4n) is 2.51. The second-order valence-corrected chi connectivity index (χ2v) is 5.16. The van der Waals surface area contributed by atoms with Crippen LogP contribution in [0.25, 0.3) is 0 Å². The van der Waals surface area contributed by atoms with Gasteiger partial charge in [0.25, 0.3) is 5.91 Å². The van der Waals surface area contributed by atoms with E-state index in [1.165, 1.54) is 6.07 Å². The lowest BCUT2D eigenvalue weighted by molar-refractivity contribution is 0.0728. The molecule has 0 spiro atoms. The second kappa shape index (κ2) is 6.03. The Hall–Kier alpha value is -1.91. The van der Waals surface area contributed by atoms with Crippen molar-refractivity contribution in [3.8, 4) is 0 Å². The number of amides is 1. The number of piperidine rings is 1. The summed E-state index contributed by atoms with van der Waals surface area (Å²) in [6.45, 7) is 4.69. The fraction of sp³-hybridized carbons (Fsp3) is 0.467. The molecule has 5 heteroatoms. The summed E-state index contributed by atoms with van der Waals surface area (Å²) in [5, 5.41) is 12.2. The largest absolute Gasteiger partial charge is 0.411 e. The molecule has 2 rings (SSSR count). The van der Waals surface area contributed by atoms with Gasteiger partial charge in [-0.05, 0) is 31.0 Å². The second-order valence-electron chi connectivity index (χ2n) is 5.16. The van der Waals surface area contributed by atoms with E-state index in [2.05, 4.69) is 5.16 Å². The molecule has 0 radical (unpaired) electrons. The number of halogens is 1. The molecule has 1 unspecified atom stereocenters. The number of hydrogen-bond donors (Lipinski definition) is 1. The van der Waals surface area contributed by atoms with Gasteiger partial charge in [-0.2, -0.15) is 0 Å². The van der Waals surface area contributed by atoms with E-state index in [1.807, 2.05) is 6.92 Å². The molecular weight excluding hydrogens is 259 g/mol. The van der Waals surface area contributed by atoms with E-state index in [0.717, 1.165) is 12.1 Å². The number of oxime groups is 1. The molecule has 4 nitrogen and oxygen atoms in total. The topological polar surface area (TPSA) is 52.9 Å². The van der Waals surface area contributed by atoms with Crippen molar-refractivity contribution >= 4 is 11.6 Å². The number of aryl methyl sites for hydroxylation is 1. The Kier molecular flexibility index (Phi) is 4.37. The zero-order valence-corrected chi connectivity index (χ0v) is 11.8. The van der Waals surface area contributed by atoms with E-state index in [9.17, 15) is 9.18 Å². The predicted molar refractivity (Wildman–Crippen MR) is 74.7 cm³/mol. The molecule has 1 aliphatic heterocycles. The van der Waals surface area contributed by atoms with Crippen LogP contribution >= 0.6 is 0 Å². The first-order chi connectivity index (χ1) is 9.56. The van der Waals surface area contributed by atoms with Gasteiger partial charge < -0.3 is 10.1 Å². The van der Waals surface area contributed by atoms with E-state index in [-0.39, 0.29) is 17.6 Å². The lowest BCUT2D eigenvalue weighted by Gasteiger charge is -2.32. The van der Waals surface area contributed by atoms with Crippen LogP contribution in [0, 0.1) is 18.7 Å². The number of likely N-dealkylation sites (tertiary alicyclic amines) is 1. The minimum Gasteiger partial charge on any atom is -0.411 e. The third-order valence-corrected chi connectivity index (χ3v) is 3.88. The molecule has 1 N–H and O–H groups in total. The third kappa shape index (κ3) is 2.81. The van der Waals surface area contributed by atoms with Crippen LogP contribution in [0.15, 0.2) is 23.4 Å². The molecule has 1 amide bonds. The van der Waals surface area contributed by atoms with E-state index >= 15 is 0 Å². The highest BCUT2D eigenvalue weighted by Crippen LogP contribution is 2.20. The fourth-order valence-corrected chi connectivity index (χ4v) is 2.51. The van der Waals surface area contributed by atoms with Crippen molar-refractivity contribution in [2.75, 3.05) is 13.1 Å². The summed E-state index contributed by atoms with van der Waals surface area (Å²) in [5.74, 6) is -0.454.